The van der Waals surface area contributed by atoms with E-state index in [1.165, 1.54) is 42.1 Å². The zero-order chi connectivity index (χ0) is 11.4. The van der Waals surface area contributed by atoms with Gasteiger partial charge in [-0.2, -0.15) is 0 Å². The van der Waals surface area contributed by atoms with Crippen molar-refractivity contribution in [3.8, 4) is 0 Å². The molecule has 2 rings (SSSR count). The average molecular weight is 283 g/mol. The van der Waals surface area contributed by atoms with E-state index in [0.717, 1.165) is 6.61 Å². The van der Waals surface area contributed by atoms with Crippen molar-refractivity contribution in [2.75, 3.05) is 13.7 Å². The summed E-state index contributed by atoms with van der Waals surface area (Å²) in [7, 11) is 1.81. The first-order valence-corrected chi connectivity index (χ1v) is 6.81. The van der Waals surface area contributed by atoms with Crippen LogP contribution in [-0.2, 0) is 10.2 Å². The van der Waals surface area contributed by atoms with E-state index >= 15 is 0 Å². The molecule has 88 valence electrons. The van der Waals surface area contributed by atoms with Crippen molar-refractivity contribution in [1.29, 1.82) is 0 Å². The number of hydrogen-bond donors (Lipinski definition) is 0. The van der Waals surface area contributed by atoms with E-state index in [1.807, 2.05) is 7.11 Å². The van der Waals surface area contributed by atoms with Gasteiger partial charge < -0.3 is 4.74 Å². The topological polar surface area (TPSA) is 9.23 Å². The van der Waals surface area contributed by atoms with E-state index in [4.69, 9.17) is 4.74 Å². The van der Waals surface area contributed by atoms with Crippen LogP contribution in [0.25, 0.3) is 0 Å². The van der Waals surface area contributed by atoms with Gasteiger partial charge in [0.25, 0.3) is 0 Å². The number of halogens is 1. The molecule has 0 aliphatic heterocycles. The van der Waals surface area contributed by atoms with Crippen LogP contribution in [0.5, 0.6) is 0 Å². The van der Waals surface area contributed by atoms with Gasteiger partial charge >= 0.3 is 0 Å². The fraction of sp³-hybridized carbons (Fsp3) is 0.571. The largest absolute Gasteiger partial charge is 0.384 e. The first-order chi connectivity index (χ1) is 7.77. The van der Waals surface area contributed by atoms with Crippen molar-refractivity contribution < 1.29 is 4.74 Å². The van der Waals surface area contributed by atoms with Gasteiger partial charge in [-0.15, -0.1) is 0 Å². The predicted octanol–water partition coefficient (Wildman–Crippen LogP) is 4.30. The van der Waals surface area contributed by atoms with E-state index in [9.17, 15) is 0 Å². The third-order valence-electron chi connectivity index (χ3n) is 3.67. The summed E-state index contributed by atoms with van der Waals surface area (Å²) in [5.74, 6) is 0. The lowest BCUT2D eigenvalue weighted by Crippen LogP contribution is -2.33. The van der Waals surface area contributed by atoms with Gasteiger partial charge in [0.1, 0.15) is 0 Å². The molecule has 1 aromatic carbocycles. The predicted molar refractivity (Wildman–Crippen MR) is 70.8 cm³/mol. The van der Waals surface area contributed by atoms with Crippen molar-refractivity contribution in [2.24, 2.45) is 0 Å². The quantitative estimate of drug-likeness (QED) is 0.803. The van der Waals surface area contributed by atoms with Crippen molar-refractivity contribution in [1.82, 2.24) is 0 Å². The fourth-order valence-electron chi connectivity index (χ4n) is 2.84. The Morgan fingerprint density at radius 1 is 1.25 bits per heavy atom. The Morgan fingerprint density at radius 3 is 2.62 bits per heavy atom. The highest BCUT2D eigenvalue weighted by Gasteiger charge is 2.33. The maximum absolute atomic E-state index is 5.46. The first-order valence-electron chi connectivity index (χ1n) is 6.02. The molecule has 2 heteroatoms. The molecule has 0 heterocycles. The van der Waals surface area contributed by atoms with Gasteiger partial charge in [0.05, 0.1) is 6.61 Å². The van der Waals surface area contributed by atoms with Crippen LogP contribution in [0.3, 0.4) is 0 Å². The maximum atomic E-state index is 5.46. The van der Waals surface area contributed by atoms with Crippen LogP contribution in [0.2, 0.25) is 0 Å². The molecular weight excluding hydrogens is 264 g/mol. The molecular formula is C14H19BrO. The smallest absolute Gasteiger partial charge is 0.0559 e. The van der Waals surface area contributed by atoms with Crippen LogP contribution in [-0.4, -0.2) is 13.7 Å². The monoisotopic (exact) mass is 282 g/mol. The lowest BCUT2D eigenvalue weighted by atomic mass is 9.70. The van der Waals surface area contributed by atoms with Crippen LogP contribution in [0, 0.1) is 0 Å². The molecule has 0 radical (unpaired) electrons. The molecule has 1 aromatic rings. The minimum atomic E-state index is 0.261. The molecule has 0 N–H and O–H groups in total. The van der Waals surface area contributed by atoms with E-state index in [-0.39, 0.29) is 5.41 Å². The third kappa shape index (κ3) is 2.49. The van der Waals surface area contributed by atoms with E-state index in [0.29, 0.717) is 0 Å². The zero-order valence-corrected chi connectivity index (χ0v) is 11.4. The molecule has 1 aliphatic rings. The summed E-state index contributed by atoms with van der Waals surface area (Å²) in [4.78, 5) is 0. The molecule has 1 nitrogen and oxygen atoms in total. The standard InChI is InChI=1S/C14H19BrO/c1-16-11-14(8-3-2-4-9-14)12-6-5-7-13(15)10-12/h5-7,10H,2-4,8-9,11H2,1H3. The Morgan fingerprint density at radius 2 is 2.00 bits per heavy atom. The Kier molecular flexibility index (Phi) is 4.04. The van der Waals surface area contributed by atoms with Gasteiger partial charge in [-0.25, -0.2) is 0 Å². The minimum Gasteiger partial charge on any atom is -0.384 e. The Bertz CT molecular complexity index is 337. The van der Waals surface area contributed by atoms with Crippen molar-refractivity contribution in [3.63, 3.8) is 0 Å². The third-order valence-corrected chi connectivity index (χ3v) is 4.16. The minimum absolute atomic E-state index is 0.261. The summed E-state index contributed by atoms with van der Waals surface area (Å²) >= 11 is 3.56. The maximum Gasteiger partial charge on any atom is 0.0559 e. The van der Waals surface area contributed by atoms with Gasteiger partial charge in [0.2, 0.25) is 0 Å². The second-order valence-electron chi connectivity index (χ2n) is 4.78. The molecule has 0 spiro atoms. The summed E-state index contributed by atoms with van der Waals surface area (Å²) in [5.41, 5.74) is 1.69. The SMILES string of the molecule is COCC1(c2cccc(Br)c2)CCCCC1. The molecule has 1 saturated carbocycles. The molecule has 0 bridgehead atoms. The van der Waals surface area contributed by atoms with Gasteiger partial charge in [-0.3, -0.25) is 0 Å². The number of hydrogen-bond acceptors (Lipinski definition) is 1. The van der Waals surface area contributed by atoms with E-state index < -0.39 is 0 Å². The van der Waals surface area contributed by atoms with Gasteiger partial charge in [-0.05, 0) is 30.5 Å². The van der Waals surface area contributed by atoms with Crippen LogP contribution < -0.4 is 0 Å². The van der Waals surface area contributed by atoms with Crippen LogP contribution in [0.15, 0.2) is 28.7 Å². The average Bonchev–Trinajstić information content (AvgIpc) is 2.31. The van der Waals surface area contributed by atoms with E-state index in [1.54, 1.807) is 0 Å². The molecule has 16 heavy (non-hydrogen) atoms. The number of rotatable bonds is 3. The normalized spacial score (nSPS) is 19.6. The fourth-order valence-corrected chi connectivity index (χ4v) is 3.24. The summed E-state index contributed by atoms with van der Waals surface area (Å²) in [6, 6.07) is 8.72. The molecule has 1 aliphatic carbocycles. The lowest BCUT2D eigenvalue weighted by Gasteiger charge is -2.37. The molecule has 0 saturated heterocycles. The highest BCUT2D eigenvalue weighted by atomic mass is 79.9. The van der Waals surface area contributed by atoms with Gasteiger partial charge in [0, 0.05) is 17.0 Å². The summed E-state index contributed by atoms with van der Waals surface area (Å²) in [6.07, 6.45) is 6.56. The van der Waals surface area contributed by atoms with Crippen LogP contribution in [0.1, 0.15) is 37.7 Å². The van der Waals surface area contributed by atoms with Crippen molar-refractivity contribution in [3.05, 3.63) is 34.3 Å². The molecule has 1 fully saturated rings. The van der Waals surface area contributed by atoms with Crippen LogP contribution >= 0.6 is 15.9 Å². The van der Waals surface area contributed by atoms with E-state index in [2.05, 4.69) is 40.2 Å². The van der Waals surface area contributed by atoms with Gasteiger partial charge in [0.15, 0.2) is 0 Å². The number of methoxy groups -OCH3 is 1. The number of ether oxygens (including phenoxy) is 1. The summed E-state index contributed by atoms with van der Waals surface area (Å²) < 4.78 is 6.64. The summed E-state index contributed by atoms with van der Waals surface area (Å²) in [5, 5.41) is 0. The second-order valence-corrected chi connectivity index (χ2v) is 5.70. The molecule has 0 unspecified atom stereocenters. The number of benzene rings is 1. The van der Waals surface area contributed by atoms with Crippen molar-refractivity contribution >= 4 is 15.9 Å². The summed E-state index contributed by atoms with van der Waals surface area (Å²) in [6.45, 7) is 0.851. The molecule has 0 atom stereocenters. The Balaban J connectivity index is 2.30. The Hall–Kier alpha value is -0.340. The molecule has 0 amide bonds. The second kappa shape index (κ2) is 5.33. The molecule has 0 aromatic heterocycles. The highest BCUT2D eigenvalue weighted by molar-refractivity contribution is 9.10. The zero-order valence-electron chi connectivity index (χ0n) is 9.84. The first kappa shape index (κ1) is 12.1. The highest BCUT2D eigenvalue weighted by Crippen LogP contribution is 2.40. The van der Waals surface area contributed by atoms with Gasteiger partial charge in [-0.1, -0.05) is 47.3 Å². The van der Waals surface area contributed by atoms with Crippen molar-refractivity contribution in [2.45, 2.75) is 37.5 Å². The van der Waals surface area contributed by atoms with Crippen LogP contribution in [0.4, 0.5) is 0 Å². The Labute approximate surface area is 106 Å². The lowest BCUT2D eigenvalue weighted by molar-refractivity contribution is 0.103.